The van der Waals surface area contributed by atoms with Crippen molar-refractivity contribution in [3.05, 3.63) is 52.8 Å². The normalized spacial score (nSPS) is 16.4. The summed E-state index contributed by atoms with van der Waals surface area (Å²) in [5.74, 6) is -4.21. The second kappa shape index (κ2) is 6.63. The Hall–Kier alpha value is -2.57. The lowest BCUT2D eigenvalue weighted by atomic mass is 10.1. The first-order chi connectivity index (χ1) is 12.2. The van der Waals surface area contributed by atoms with Crippen molar-refractivity contribution in [1.82, 2.24) is 0 Å². The molecule has 0 aromatic heterocycles. The zero-order valence-corrected chi connectivity index (χ0v) is 13.9. The molecule has 0 heterocycles. The Bertz CT molecular complexity index is 1020. The van der Waals surface area contributed by atoms with E-state index in [2.05, 4.69) is 0 Å². The van der Waals surface area contributed by atoms with E-state index in [-0.39, 0.29) is 41.0 Å². The van der Waals surface area contributed by atoms with Crippen molar-refractivity contribution < 1.29 is 31.4 Å². The fourth-order valence-corrected chi connectivity index (χ4v) is 3.94. The van der Waals surface area contributed by atoms with Crippen LogP contribution in [-0.4, -0.2) is 19.3 Å². The minimum absolute atomic E-state index is 0.00499. The zero-order valence-electron chi connectivity index (χ0n) is 13.1. The predicted molar refractivity (Wildman–Crippen MR) is 84.1 cm³/mol. The summed E-state index contributed by atoms with van der Waals surface area (Å²) in [5, 5.41) is 18.9. The molecule has 1 atom stereocenters. The molecule has 136 valence electrons. The molecule has 0 fully saturated rings. The van der Waals surface area contributed by atoms with Crippen molar-refractivity contribution in [2.24, 2.45) is 0 Å². The van der Waals surface area contributed by atoms with E-state index < -0.39 is 32.4 Å². The number of benzene rings is 2. The van der Waals surface area contributed by atoms with Gasteiger partial charge in [0.1, 0.15) is 17.3 Å². The number of alkyl halides is 2. The molecule has 9 heteroatoms. The van der Waals surface area contributed by atoms with Gasteiger partial charge in [-0.3, -0.25) is 0 Å². The maximum Gasteiger partial charge on any atom is 0.341 e. The van der Waals surface area contributed by atoms with Crippen LogP contribution in [0.4, 0.5) is 13.2 Å². The molecule has 5 nitrogen and oxygen atoms in total. The molecule has 1 aliphatic carbocycles. The van der Waals surface area contributed by atoms with Crippen LogP contribution in [0, 0.1) is 17.1 Å². The standard InChI is InChI=1S/C17H12F3NO4S/c18-10-5-9(8-21)6-11(7-10)25-14-3-4-15(26(23,24)17(19)20)16-12(14)1-2-13(16)22/h3-7,13,17,22H,1-2H2. The average molecular weight is 383 g/mol. The lowest BCUT2D eigenvalue weighted by Gasteiger charge is -2.15. The quantitative estimate of drug-likeness (QED) is 0.874. The van der Waals surface area contributed by atoms with E-state index in [4.69, 9.17) is 10.00 Å². The van der Waals surface area contributed by atoms with Crippen molar-refractivity contribution >= 4 is 9.84 Å². The molecule has 1 aliphatic rings. The highest BCUT2D eigenvalue weighted by atomic mass is 32.2. The summed E-state index contributed by atoms with van der Waals surface area (Å²) in [6, 6.07) is 7.22. The maximum absolute atomic E-state index is 13.5. The number of hydrogen-bond donors (Lipinski definition) is 1. The summed E-state index contributed by atoms with van der Waals surface area (Å²) in [4.78, 5) is -0.642. The fraction of sp³-hybridized carbons (Fsp3) is 0.235. The molecule has 26 heavy (non-hydrogen) atoms. The van der Waals surface area contributed by atoms with Crippen LogP contribution < -0.4 is 4.74 Å². The number of rotatable bonds is 4. The van der Waals surface area contributed by atoms with Gasteiger partial charge >= 0.3 is 5.76 Å². The summed E-state index contributed by atoms with van der Waals surface area (Å²) in [5.41, 5.74) is 0.162. The summed E-state index contributed by atoms with van der Waals surface area (Å²) in [7, 11) is -4.89. The fourth-order valence-electron chi connectivity index (χ4n) is 2.92. The number of ether oxygens (including phenoxy) is 1. The van der Waals surface area contributed by atoms with Gasteiger partial charge in [-0.15, -0.1) is 0 Å². The third-order valence-corrected chi connectivity index (χ3v) is 5.48. The van der Waals surface area contributed by atoms with Gasteiger partial charge in [-0.05, 0) is 37.1 Å². The van der Waals surface area contributed by atoms with Crippen molar-refractivity contribution in [2.75, 3.05) is 0 Å². The topological polar surface area (TPSA) is 87.4 Å². The van der Waals surface area contributed by atoms with E-state index in [1.807, 2.05) is 0 Å². The van der Waals surface area contributed by atoms with Gasteiger partial charge in [0.05, 0.1) is 22.6 Å². The molecule has 0 saturated carbocycles. The van der Waals surface area contributed by atoms with Crippen LogP contribution >= 0.6 is 0 Å². The Morgan fingerprint density at radius 3 is 2.65 bits per heavy atom. The van der Waals surface area contributed by atoms with E-state index in [0.29, 0.717) is 0 Å². The molecule has 1 N–H and O–H groups in total. The second-order valence-corrected chi connectivity index (χ2v) is 7.59. The van der Waals surface area contributed by atoms with Crippen LogP contribution in [0.2, 0.25) is 0 Å². The third kappa shape index (κ3) is 3.13. The van der Waals surface area contributed by atoms with Gasteiger partial charge in [0.2, 0.25) is 9.84 Å². The second-order valence-electron chi connectivity index (χ2n) is 5.70. The Morgan fingerprint density at radius 2 is 2.00 bits per heavy atom. The molecule has 2 aromatic carbocycles. The molecule has 1 unspecified atom stereocenters. The summed E-state index contributed by atoms with van der Waals surface area (Å²) < 4.78 is 68.6. The van der Waals surface area contributed by atoms with E-state index in [1.165, 1.54) is 12.1 Å². The molecule has 2 aromatic rings. The summed E-state index contributed by atoms with van der Waals surface area (Å²) in [6.45, 7) is 0. The molecule has 0 radical (unpaired) electrons. The molecular weight excluding hydrogens is 371 g/mol. The van der Waals surface area contributed by atoms with Crippen LogP contribution in [0.3, 0.4) is 0 Å². The van der Waals surface area contributed by atoms with E-state index in [9.17, 15) is 26.7 Å². The zero-order chi connectivity index (χ0) is 19.1. The molecular formula is C17H12F3NO4S. The van der Waals surface area contributed by atoms with Gasteiger partial charge in [-0.2, -0.15) is 14.0 Å². The highest BCUT2D eigenvalue weighted by Gasteiger charge is 2.36. The monoisotopic (exact) mass is 383 g/mol. The number of aliphatic hydroxyl groups excluding tert-OH is 1. The van der Waals surface area contributed by atoms with E-state index >= 15 is 0 Å². The van der Waals surface area contributed by atoms with E-state index in [1.54, 1.807) is 6.07 Å². The highest BCUT2D eigenvalue weighted by Crippen LogP contribution is 2.43. The first-order valence-corrected chi connectivity index (χ1v) is 9.03. The SMILES string of the molecule is N#Cc1cc(F)cc(Oc2ccc(S(=O)(=O)C(F)F)c3c2CCC3O)c1. The smallest absolute Gasteiger partial charge is 0.341 e. The summed E-state index contributed by atoms with van der Waals surface area (Å²) >= 11 is 0. The number of nitrogens with zero attached hydrogens (tertiary/aromatic N) is 1. The number of hydrogen-bond acceptors (Lipinski definition) is 5. The van der Waals surface area contributed by atoms with Crippen LogP contribution in [0.5, 0.6) is 11.5 Å². The number of aliphatic hydroxyl groups is 1. The van der Waals surface area contributed by atoms with Gasteiger partial charge in [0.25, 0.3) is 0 Å². The van der Waals surface area contributed by atoms with Gasteiger partial charge in [0.15, 0.2) is 0 Å². The summed E-state index contributed by atoms with van der Waals surface area (Å²) in [6.07, 6.45) is -0.869. The van der Waals surface area contributed by atoms with Gasteiger partial charge in [-0.1, -0.05) is 0 Å². The number of fused-ring (bicyclic) bond motifs is 1. The minimum atomic E-state index is -4.89. The van der Waals surface area contributed by atoms with Gasteiger partial charge in [0, 0.05) is 17.2 Å². The predicted octanol–water partition coefficient (Wildman–Crippen LogP) is 3.47. The molecule has 3 rings (SSSR count). The Kier molecular flexibility index (Phi) is 4.64. The molecule has 0 spiro atoms. The minimum Gasteiger partial charge on any atom is -0.457 e. The Morgan fingerprint density at radius 1 is 1.27 bits per heavy atom. The van der Waals surface area contributed by atoms with Crippen LogP contribution in [-0.2, 0) is 16.3 Å². The molecule has 0 bridgehead atoms. The van der Waals surface area contributed by atoms with Gasteiger partial charge < -0.3 is 9.84 Å². The Labute approximate surface area is 147 Å². The first-order valence-electron chi connectivity index (χ1n) is 7.48. The number of sulfone groups is 1. The highest BCUT2D eigenvalue weighted by molar-refractivity contribution is 7.91. The van der Waals surface area contributed by atoms with Crippen molar-refractivity contribution in [2.45, 2.75) is 29.6 Å². The third-order valence-electron chi connectivity index (χ3n) is 4.04. The van der Waals surface area contributed by atoms with Gasteiger partial charge in [-0.25, -0.2) is 12.8 Å². The largest absolute Gasteiger partial charge is 0.457 e. The molecule has 0 saturated heterocycles. The van der Waals surface area contributed by atoms with Crippen molar-refractivity contribution in [3.63, 3.8) is 0 Å². The molecule has 0 amide bonds. The van der Waals surface area contributed by atoms with E-state index in [0.717, 1.165) is 18.2 Å². The maximum atomic E-state index is 13.5. The van der Waals surface area contributed by atoms with Crippen molar-refractivity contribution in [1.29, 1.82) is 5.26 Å². The lowest BCUT2D eigenvalue weighted by Crippen LogP contribution is -2.15. The van der Waals surface area contributed by atoms with Crippen LogP contribution in [0.15, 0.2) is 35.2 Å². The molecule has 0 aliphatic heterocycles. The van der Waals surface area contributed by atoms with Crippen LogP contribution in [0.25, 0.3) is 0 Å². The average Bonchev–Trinajstić information content (AvgIpc) is 2.96. The number of nitriles is 1. The number of halogens is 3. The first kappa shape index (κ1) is 18.2. The van der Waals surface area contributed by atoms with Crippen LogP contribution in [0.1, 0.15) is 29.2 Å². The Balaban J connectivity index is 2.09. The lowest BCUT2D eigenvalue weighted by molar-refractivity contribution is 0.176. The van der Waals surface area contributed by atoms with Crippen molar-refractivity contribution in [3.8, 4) is 17.6 Å².